The lowest BCUT2D eigenvalue weighted by molar-refractivity contribution is 0.0953. The number of benzene rings is 2. The van der Waals surface area contributed by atoms with E-state index in [1.165, 1.54) is 23.5 Å². The summed E-state index contributed by atoms with van der Waals surface area (Å²) in [6.45, 7) is 2.30. The monoisotopic (exact) mass is 424 g/mol. The molecule has 3 rings (SSSR count). The molecular formula is C22H20N2O5S. The first-order valence-corrected chi connectivity index (χ1v) is 10.1. The predicted molar refractivity (Wildman–Crippen MR) is 114 cm³/mol. The molecule has 0 radical (unpaired) electrons. The van der Waals surface area contributed by atoms with E-state index >= 15 is 0 Å². The Labute approximate surface area is 177 Å². The molecule has 154 valence electrons. The van der Waals surface area contributed by atoms with E-state index in [1.54, 1.807) is 37.3 Å². The summed E-state index contributed by atoms with van der Waals surface area (Å²) in [5, 5.41) is 7.50. The molecule has 3 aromatic rings. The van der Waals surface area contributed by atoms with Crippen molar-refractivity contribution in [2.45, 2.75) is 13.5 Å². The SMILES string of the molecule is CCOC(=O)Oc1ccc(C(=O)Nc2ccc(CNC(=O)c3cccs3)cc2)cc1. The smallest absolute Gasteiger partial charge is 0.434 e. The molecule has 0 unspecified atom stereocenters. The van der Waals surface area contributed by atoms with Crippen LogP contribution in [0, 0.1) is 0 Å². The van der Waals surface area contributed by atoms with Crippen molar-refractivity contribution in [3.63, 3.8) is 0 Å². The molecule has 0 aliphatic rings. The number of ether oxygens (including phenoxy) is 2. The van der Waals surface area contributed by atoms with Crippen molar-refractivity contribution in [3.8, 4) is 5.75 Å². The fourth-order valence-corrected chi connectivity index (χ4v) is 3.14. The lowest BCUT2D eigenvalue weighted by Gasteiger charge is -2.08. The second-order valence-corrected chi connectivity index (χ2v) is 7.07. The van der Waals surface area contributed by atoms with Crippen LogP contribution in [0.5, 0.6) is 5.75 Å². The van der Waals surface area contributed by atoms with Crippen LogP contribution in [0.2, 0.25) is 0 Å². The van der Waals surface area contributed by atoms with Gasteiger partial charge in [-0.1, -0.05) is 18.2 Å². The number of hydrogen-bond acceptors (Lipinski definition) is 6. The molecule has 7 nitrogen and oxygen atoms in total. The van der Waals surface area contributed by atoms with Crippen molar-refractivity contribution >= 4 is 35.0 Å². The van der Waals surface area contributed by atoms with Gasteiger partial charge in [0.15, 0.2) is 0 Å². The van der Waals surface area contributed by atoms with Crippen LogP contribution in [0.4, 0.5) is 10.5 Å². The number of carbonyl (C=O) groups excluding carboxylic acids is 3. The maximum Gasteiger partial charge on any atom is 0.513 e. The lowest BCUT2D eigenvalue weighted by atomic mass is 10.1. The fourth-order valence-electron chi connectivity index (χ4n) is 2.50. The minimum atomic E-state index is -0.790. The Hall–Kier alpha value is -3.65. The molecule has 2 aromatic carbocycles. The van der Waals surface area contributed by atoms with Crippen molar-refractivity contribution < 1.29 is 23.9 Å². The summed E-state index contributed by atoms with van der Waals surface area (Å²) in [5.74, 6) is -0.117. The summed E-state index contributed by atoms with van der Waals surface area (Å²) in [6.07, 6.45) is -0.790. The number of carbonyl (C=O) groups is 3. The summed E-state index contributed by atoms with van der Waals surface area (Å²) in [5.41, 5.74) is 1.96. The summed E-state index contributed by atoms with van der Waals surface area (Å²) < 4.78 is 9.66. The van der Waals surface area contributed by atoms with Crippen molar-refractivity contribution in [1.82, 2.24) is 5.32 Å². The highest BCUT2D eigenvalue weighted by Crippen LogP contribution is 2.16. The number of anilines is 1. The molecule has 0 aliphatic heterocycles. The van der Waals surface area contributed by atoms with Crippen LogP contribution in [0.3, 0.4) is 0 Å². The minimum absolute atomic E-state index is 0.113. The van der Waals surface area contributed by atoms with E-state index in [0.717, 1.165) is 5.56 Å². The van der Waals surface area contributed by atoms with Gasteiger partial charge in [-0.3, -0.25) is 9.59 Å². The molecular weight excluding hydrogens is 404 g/mol. The van der Waals surface area contributed by atoms with E-state index in [0.29, 0.717) is 28.4 Å². The van der Waals surface area contributed by atoms with Gasteiger partial charge in [0.25, 0.3) is 11.8 Å². The van der Waals surface area contributed by atoms with Gasteiger partial charge in [-0.15, -0.1) is 11.3 Å². The van der Waals surface area contributed by atoms with E-state index in [1.807, 2.05) is 23.6 Å². The van der Waals surface area contributed by atoms with Gasteiger partial charge < -0.3 is 20.1 Å². The van der Waals surface area contributed by atoms with E-state index < -0.39 is 6.16 Å². The summed E-state index contributed by atoms with van der Waals surface area (Å²) in [4.78, 5) is 36.3. The average molecular weight is 424 g/mol. The largest absolute Gasteiger partial charge is 0.513 e. The fraction of sp³-hybridized carbons (Fsp3) is 0.136. The van der Waals surface area contributed by atoms with Crippen LogP contribution >= 0.6 is 11.3 Å². The van der Waals surface area contributed by atoms with Crippen LogP contribution in [0.15, 0.2) is 66.0 Å². The average Bonchev–Trinajstić information content (AvgIpc) is 3.29. The molecule has 0 saturated heterocycles. The van der Waals surface area contributed by atoms with Gasteiger partial charge in [0.2, 0.25) is 0 Å². The predicted octanol–water partition coefficient (Wildman–Crippen LogP) is 4.47. The Morgan fingerprint density at radius 3 is 2.30 bits per heavy atom. The highest BCUT2D eigenvalue weighted by atomic mass is 32.1. The first-order chi connectivity index (χ1) is 14.5. The third-order valence-corrected chi connectivity index (χ3v) is 4.86. The topological polar surface area (TPSA) is 93.7 Å². The number of rotatable bonds is 7. The normalized spacial score (nSPS) is 10.2. The Bertz CT molecular complexity index is 999. The van der Waals surface area contributed by atoms with Gasteiger partial charge in [-0.2, -0.15) is 0 Å². The molecule has 1 heterocycles. The van der Waals surface area contributed by atoms with E-state index in [4.69, 9.17) is 9.47 Å². The Morgan fingerprint density at radius 2 is 1.67 bits per heavy atom. The van der Waals surface area contributed by atoms with Crippen LogP contribution in [-0.4, -0.2) is 24.6 Å². The van der Waals surface area contributed by atoms with Gasteiger partial charge >= 0.3 is 6.16 Å². The molecule has 0 spiro atoms. The van der Waals surface area contributed by atoms with Gasteiger partial charge in [-0.05, 0) is 60.3 Å². The zero-order valence-electron chi connectivity index (χ0n) is 16.2. The molecule has 0 fully saturated rings. The number of thiophene rings is 1. The summed E-state index contributed by atoms with van der Waals surface area (Å²) in [6, 6.07) is 17.0. The lowest BCUT2D eigenvalue weighted by Crippen LogP contribution is -2.21. The van der Waals surface area contributed by atoms with Gasteiger partial charge in [0.1, 0.15) is 5.75 Å². The molecule has 0 bridgehead atoms. The highest BCUT2D eigenvalue weighted by Gasteiger charge is 2.09. The Balaban J connectivity index is 1.51. The molecule has 2 amide bonds. The van der Waals surface area contributed by atoms with Crippen molar-refractivity contribution in [2.24, 2.45) is 0 Å². The molecule has 8 heteroatoms. The quantitative estimate of drug-likeness (QED) is 0.431. The first kappa shape index (κ1) is 21.1. The van der Waals surface area contributed by atoms with E-state index in [9.17, 15) is 14.4 Å². The first-order valence-electron chi connectivity index (χ1n) is 9.22. The molecule has 0 aliphatic carbocycles. The number of hydrogen-bond donors (Lipinski definition) is 2. The zero-order valence-corrected chi connectivity index (χ0v) is 17.0. The van der Waals surface area contributed by atoms with Crippen LogP contribution < -0.4 is 15.4 Å². The van der Waals surface area contributed by atoms with Crippen molar-refractivity contribution in [3.05, 3.63) is 82.0 Å². The van der Waals surface area contributed by atoms with Gasteiger partial charge in [0.05, 0.1) is 11.5 Å². The van der Waals surface area contributed by atoms with Gasteiger partial charge in [-0.25, -0.2) is 4.79 Å². The highest BCUT2D eigenvalue weighted by molar-refractivity contribution is 7.12. The number of amides is 2. The van der Waals surface area contributed by atoms with Crippen LogP contribution in [0.1, 0.15) is 32.5 Å². The minimum Gasteiger partial charge on any atom is -0.434 e. The Morgan fingerprint density at radius 1 is 0.933 bits per heavy atom. The van der Waals surface area contributed by atoms with Crippen LogP contribution in [0.25, 0.3) is 0 Å². The van der Waals surface area contributed by atoms with Crippen molar-refractivity contribution in [2.75, 3.05) is 11.9 Å². The third kappa shape index (κ3) is 5.92. The van der Waals surface area contributed by atoms with E-state index in [-0.39, 0.29) is 18.4 Å². The second kappa shape index (κ2) is 10.2. The van der Waals surface area contributed by atoms with Gasteiger partial charge in [0, 0.05) is 17.8 Å². The molecule has 0 saturated carbocycles. The van der Waals surface area contributed by atoms with E-state index in [2.05, 4.69) is 10.6 Å². The Kier molecular flexibility index (Phi) is 7.18. The summed E-state index contributed by atoms with van der Waals surface area (Å²) >= 11 is 1.39. The molecule has 2 N–H and O–H groups in total. The van der Waals surface area contributed by atoms with Crippen molar-refractivity contribution in [1.29, 1.82) is 0 Å². The standard InChI is InChI=1S/C22H20N2O5S/c1-2-28-22(27)29-18-11-7-16(8-12-18)20(25)24-17-9-5-15(6-10-17)14-23-21(26)19-4-3-13-30-19/h3-13H,2,14H2,1H3,(H,23,26)(H,24,25). The molecule has 0 atom stereocenters. The maximum absolute atomic E-state index is 12.4. The zero-order chi connectivity index (χ0) is 21.3. The second-order valence-electron chi connectivity index (χ2n) is 6.12. The number of nitrogens with one attached hydrogen (secondary N) is 2. The summed E-state index contributed by atoms with van der Waals surface area (Å²) in [7, 11) is 0. The molecule has 1 aromatic heterocycles. The maximum atomic E-state index is 12.4. The molecule has 30 heavy (non-hydrogen) atoms. The third-order valence-electron chi connectivity index (χ3n) is 3.99. The van der Waals surface area contributed by atoms with Crippen LogP contribution in [-0.2, 0) is 11.3 Å².